The average molecular weight is 383 g/mol. The van der Waals surface area contributed by atoms with Crippen molar-refractivity contribution in [3.8, 4) is 5.75 Å². The molecule has 0 aliphatic rings. The standard InChI is InChI=1S/C21H25N3O4/c25-20(24-27)10-6-1-2-7-15-28-19-13-11-18(12-14-19)21(26)23-22-16-17-8-4-3-5-9-17/h3-5,8-9,11-14,16,27H,1-2,6-7,10,15H2,(H,23,26)(H,24,25)/b22-16+. The number of nitrogens with zero attached hydrogens (tertiary/aromatic N) is 1. The Morgan fingerprint density at radius 2 is 1.68 bits per heavy atom. The fourth-order valence-corrected chi connectivity index (χ4v) is 2.46. The molecule has 2 aromatic carbocycles. The molecule has 3 N–H and O–H groups in total. The summed E-state index contributed by atoms with van der Waals surface area (Å²) in [5.41, 5.74) is 5.52. The summed E-state index contributed by atoms with van der Waals surface area (Å²) in [6.45, 7) is 0.569. The van der Waals surface area contributed by atoms with Gasteiger partial charge in [-0.15, -0.1) is 0 Å². The van der Waals surface area contributed by atoms with E-state index in [2.05, 4.69) is 10.5 Å². The lowest BCUT2D eigenvalue weighted by Crippen LogP contribution is -2.17. The zero-order valence-electron chi connectivity index (χ0n) is 15.6. The van der Waals surface area contributed by atoms with Gasteiger partial charge in [-0.05, 0) is 42.7 Å². The second-order valence-corrected chi connectivity index (χ2v) is 6.18. The molecule has 2 aromatic rings. The minimum absolute atomic E-state index is 0.286. The van der Waals surface area contributed by atoms with Crippen molar-refractivity contribution in [1.29, 1.82) is 0 Å². The summed E-state index contributed by atoms with van der Waals surface area (Å²) in [5.74, 6) is 0.0563. The quantitative estimate of drug-likeness (QED) is 0.240. The van der Waals surface area contributed by atoms with Crippen LogP contribution in [-0.2, 0) is 4.79 Å². The number of hydrazone groups is 1. The molecule has 7 heteroatoms. The number of amides is 2. The van der Waals surface area contributed by atoms with E-state index in [0.29, 0.717) is 24.3 Å². The molecule has 0 atom stereocenters. The van der Waals surface area contributed by atoms with E-state index in [1.54, 1.807) is 36.0 Å². The molecule has 0 fully saturated rings. The van der Waals surface area contributed by atoms with Gasteiger partial charge in [0.05, 0.1) is 12.8 Å². The summed E-state index contributed by atoms with van der Waals surface area (Å²) in [4.78, 5) is 22.9. The minimum atomic E-state index is -0.355. The van der Waals surface area contributed by atoms with Gasteiger partial charge in [0.2, 0.25) is 5.91 Å². The maximum absolute atomic E-state index is 12.1. The molecule has 0 spiro atoms. The van der Waals surface area contributed by atoms with Gasteiger partial charge in [0.1, 0.15) is 5.75 Å². The molecule has 2 rings (SSSR count). The van der Waals surface area contributed by atoms with E-state index in [9.17, 15) is 9.59 Å². The highest BCUT2D eigenvalue weighted by Crippen LogP contribution is 2.13. The summed E-state index contributed by atoms with van der Waals surface area (Å²) in [5, 5.41) is 12.3. The molecular weight excluding hydrogens is 358 g/mol. The van der Waals surface area contributed by atoms with Gasteiger partial charge in [0, 0.05) is 12.0 Å². The Kier molecular flexibility index (Phi) is 9.23. The van der Waals surface area contributed by atoms with Crippen LogP contribution < -0.4 is 15.6 Å². The smallest absolute Gasteiger partial charge is 0.271 e. The third-order valence-electron chi connectivity index (χ3n) is 3.99. The SMILES string of the molecule is O=C(CCCCCCOc1ccc(C(=O)N/N=C/c2ccccc2)cc1)NO. The van der Waals surface area contributed by atoms with Gasteiger partial charge in [-0.25, -0.2) is 10.9 Å². The molecule has 0 aliphatic carbocycles. The number of benzene rings is 2. The fraction of sp³-hybridized carbons (Fsp3) is 0.286. The van der Waals surface area contributed by atoms with E-state index in [0.717, 1.165) is 31.2 Å². The van der Waals surface area contributed by atoms with Gasteiger partial charge >= 0.3 is 0 Å². The normalized spacial score (nSPS) is 10.6. The molecule has 0 saturated heterocycles. The molecule has 7 nitrogen and oxygen atoms in total. The van der Waals surface area contributed by atoms with Crippen LogP contribution >= 0.6 is 0 Å². The Morgan fingerprint density at radius 3 is 2.39 bits per heavy atom. The zero-order valence-corrected chi connectivity index (χ0v) is 15.6. The van der Waals surface area contributed by atoms with Crippen LogP contribution in [0.2, 0.25) is 0 Å². The van der Waals surface area contributed by atoms with Crippen LogP contribution in [0.15, 0.2) is 59.7 Å². The van der Waals surface area contributed by atoms with Crippen molar-refractivity contribution in [2.45, 2.75) is 32.1 Å². The molecule has 0 radical (unpaired) electrons. The lowest BCUT2D eigenvalue weighted by molar-refractivity contribution is -0.129. The zero-order chi connectivity index (χ0) is 20.0. The number of carbonyl (C=O) groups excluding carboxylic acids is 2. The molecule has 2 amide bonds. The molecule has 0 aliphatic heterocycles. The second kappa shape index (κ2) is 12.2. The first kappa shape index (κ1) is 21.1. The third-order valence-corrected chi connectivity index (χ3v) is 3.99. The number of hydrogen-bond donors (Lipinski definition) is 3. The summed E-state index contributed by atoms with van der Waals surface area (Å²) < 4.78 is 5.65. The van der Waals surface area contributed by atoms with Crippen molar-refractivity contribution < 1.29 is 19.5 Å². The Bertz CT molecular complexity index is 761. The lowest BCUT2D eigenvalue weighted by atomic mass is 10.1. The van der Waals surface area contributed by atoms with E-state index >= 15 is 0 Å². The third kappa shape index (κ3) is 8.01. The number of ether oxygens (including phenoxy) is 1. The van der Waals surface area contributed by atoms with Crippen LogP contribution in [0.1, 0.15) is 48.0 Å². The Balaban J connectivity index is 1.64. The van der Waals surface area contributed by atoms with Crippen molar-refractivity contribution in [2.75, 3.05) is 6.61 Å². The van der Waals surface area contributed by atoms with Crippen LogP contribution in [0.25, 0.3) is 0 Å². The van der Waals surface area contributed by atoms with Gasteiger partial charge in [-0.1, -0.05) is 43.2 Å². The topological polar surface area (TPSA) is 100 Å². The summed E-state index contributed by atoms with van der Waals surface area (Å²) in [6, 6.07) is 16.4. The van der Waals surface area contributed by atoms with E-state index in [1.807, 2.05) is 30.3 Å². The first-order valence-electron chi connectivity index (χ1n) is 9.23. The maximum Gasteiger partial charge on any atom is 0.271 e. The average Bonchev–Trinajstić information content (AvgIpc) is 2.74. The van der Waals surface area contributed by atoms with Crippen molar-refractivity contribution >= 4 is 18.0 Å². The van der Waals surface area contributed by atoms with Crippen LogP contribution in [-0.4, -0.2) is 29.8 Å². The van der Waals surface area contributed by atoms with Crippen molar-refractivity contribution in [3.05, 3.63) is 65.7 Å². The number of carbonyl (C=O) groups is 2. The van der Waals surface area contributed by atoms with E-state index in [-0.39, 0.29) is 11.8 Å². The second-order valence-electron chi connectivity index (χ2n) is 6.18. The molecule has 28 heavy (non-hydrogen) atoms. The maximum atomic E-state index is 12.1. The number of nitrogens with one attached hydrogen (secondary N) is 2. The summed E-state index contributed by atoms with van der Waals surface area (Å²) >= 11 is 0. The minimum Gasteiger partial charge on any atom is -0.494 e. The highest BCUT2D eigenvalue weighted by Gasteiger charge is 2.04. The largest absolute Gasteiger partial charge is 0.494 e. The monoisotopic (exact) mass is 383 g/mol. The van der Waals surface area contributed by atoms with Crippen molar-refractivity contribution in [1.82, 2.24) is 10.9 Å². The fourth-order valence-electron chi connectivity index (χ4n) is 2.46. The Labute approximate surface area is 164 Å². The molecule has 0 bridgehead atoms. The predicted molar refractivity (Wildman–Crippen MR) is 106 cm³/mol. The van der Waals surface area contributed by atoms with Crippen LogP contribution in [0.3, 0.4) is 0 Å². The molecular formula is C21H25N3O4. The van der Waals surface area contributed by atoms with Crippen LogP contribution in [0.4, 0.5) is 0 Å². The van der Waals surface area contributed by atoms with Gasteiger partial charge in [-0.3, -0.25) is 14.8 Å². The highest BCUT2D eigenvalue weighted by molar-refractivity contribution is 5.94. The predicted octanol–water partition coefficient (Wildman–Crippen LogP) is 3.29. The first-order valence-corrected chi connectivity index (χ1v) is 9.23. The molecule has 0 saturated carbocycles. The van der Waals surface area contributed by atoms with Crippen molar-refractivity contribution in [3.63, 3.8) is 0 Å². The van der Waals surface area contributed by atoms with Gasteiger partial charge in [0.15, 0.2) is 0 Å². The van der Waals surface area contributed by atoms with Gasteiger partial charge < -0.3 is 4.74 Å². The Morgan fingerprint density at radius 1 is 0.964 bits per heavy atom. The number of hydrogen-bond acceptors (Lipinski definition) is 5. The number of hydroxylamine groups is 1. The van der Waals surface area contributed by atoms with E-state index in [4.69, 9.17) is 9.94 Å². The molecule has 0 heterocycles. The van der Waals surface area contributed by atoms with Gasteiger partial charge in [0.25, 0.3) is 5.91 Å². The first-order chi connectivity index (χ1) is 13.7. The number of unbranched alkanes of at least 4 members (excludes halogenated alkanes) is 3. The van der Waals surface area contributed by atoms with E-state index in [1.165, 1.54) is 0 Å². The lowest BCUT2D eigenvalue weighted by Gasteiger charge is -2.07. The molecule has 0 unspecified atom stereocenters. The molecule has 0 aromatic heterocycles. The highest BCUT2D eigenvalue weighted by atomic mass is 16.5. The summed E-state index contributed by atoms with van der Waals surface area (Å²) in [6.07, 6.45) is 5.38. The Hall–Kier alpha value is -3.19. The van der Waals surface area contributed by atoms with Crippen LogP contribution in [0, 0.1) is 0 Å². The summed E-state index contributed by atoms with van der Waals surface area (Å²) in [7, 11) is 0. The van der Waals surface area contributed by atoms with Crippen molar-refractivity contribution in [2.24, 2.45) is 5.10 Å². The van der Waals surface area contributed by atoms with Crippen LogP contribution in [0.5, 0.6) is 5.75 Å². The number of rotatable bonds is 11. The van der Waals surface area contributed by atoms with Gasteiger partial charge in [-0.2, -0.15) is 5.10 Å². The van der Waals surface area contributed by atoms with E-state index < -0.39 is 0 Å². The molecule has 148 valence electrons.